The molecule has 0 bridgehead atoms. The predicted molar refractivity (Wildman–Crippen MR) is 161 cm³/mol. The van der Waals surface area contributed by atoms with Crippen LogP contribution in [0.25, 0.3) is 16.8 Å². The molecule has 3 aromatic rings. The van der Waals surface area contributed by atoms with Gasteiger partial charge in [-0.3, -0.25) is 19.0 Å². The summed E-state index contributed by atoms with van der Waals surface area (Å²) in [6.07, 6.45) is 7.53. The number of allylic oxidation sites excluding steroid dienone is 2. The van der Waals surface area contributed by atoms with E-state index in [-0.39, 0.29) is 11.9 Å². The number of hydrogen-bond donors (Lipinski definition) is 1. The predicted octanol–water partition coefficient (Wildman–Crippen LogP) is 4.88. The molecule has 1 fully saturated rings. The molecule has 232 valence electrons. The van der Waals surface area contributed by atoms with Crippen molar-refractivity contribution in [1.29, 1.82) is 0 Å². The van der Waals surface area contributed by atoms with Crippen molar-refractivity contribution in [3.05, 3.63) is 89.8 Å². The van der Waals surface area contributed by atoms with E-state index in [1.165, 1.54) is 11.1 Å². The molecule has 1 N–H and O–H groups in total. The van der Waals surface area contributed by atoms with Crippen LogP contribution in [-0.4, -0.2) is 87.5 Å². The summed E-state index contributed by atoms with van der Waals surface area (Å²) in [5.41, 5.74) is 2.48. The topological polar surface area (TPSA) is 86.1 Å². The number of carbonyl (C=O) groups is 2. The van der Waals surface area contributed by atoms with E-state index in [1.54, 1.807) is 43.6 Å². The average molecular weight is 608 g/mol. The summed E-state index contributed by atoms with van der Waals surface area (Å²) in [7, 11) is 5.49. The first-order valence-corrected chi connectivity index (χ1v) is 14.5. The summed E-state index contributed by atoms with van der Waals surface area (Å²) in [5, 5.41) is 2.65. The molecule has 2 aromatic heterocycles. The van der Waals surface area contributed by atoms with E-state index in [0.717, 1.165) is 54.0 Å². The van der Waals surface area contributed by atoms with Crippen molar-refractivity contribution in [2.24, 2.45) is 0 Å². The van der Waals surface area contributed by atoms with Crippen LogP contribution in [0.4, 0.5) is 13.2 Å². The summed E-state index contributed by atoms with van der Waals surface area (Å²) in [6, 6.07) is 6.57. The van der Waals surface area contributed by atoms with Crippen LogP contribution in [0.15, 0.2) is 72.7 Å². The number of halogens is 3. The summed E-state index contributed by atoms with van der Waals surface area (Å²) >= 11 is 0. The van der Waals surface area contributed by atoms with Gasteiger partial charge >= 0.3 is 6.18 Å². The lowest BCUT2D eigenvalue weighted by Gasteiger charge is -2.34. The number of amides is 2. The quantitative estimate of drug-likeness (QED) is 0.386. The van der Waals surface area contributed by atoms with Crippen molar-refractivity contribution in [3.63, 3.8) is 0 Å². The minimum Gasteiger partial charge on any atom is -0.357 e. The minimum absolute atomic E-state index is 0.0488. The highest BCUT2D eigenvalue weighted by Crippen LogP contribution is 2.35. The van der Waals surface area contributed by atoms with Crippen molar-refractivity contribution < 1.29 is 22.8 Å². The third-order valence-corrected chi connectivity index (χ3v) is 7.87. The maximum absolute atomic E-state index is 13.2. The second kappa shape index (κ2) is 12.7. The van der Waals surface area contributed by atoms with Crippen molar-refractivity contribution in [3.8, 4) is 11.3 Å². The molecule has 1 aromatic carbocycles. The Morgan fingerprint density at radius 1 is 1.16 bits per heavy atom. The molecule has 0 saturated carbocycles. The largest absolute Gasteiger partial charge is 0.416 e. The Morgan fingerprint density at radius 2 is 1.91 bits per heavy atom. The van der Waals surface area contributed by atoms with Crippen LogP contribution in [0.3, 0.4) is 0 Å². The van der Waals surface area contributed by atoms with Crippen LogP contribution in [0.1, 0.15) is 47.2 Å². The molecule has 0 aliphatic carbocycles. The van der Waals surface area contributed by atoms with Gasteiger partial charge in [-0.25, -0.2) is 4.98 Å². The van der Waals surface area contributed by atoms with Gasteiger partial charge in [0, 0.05) is 55.9 Å². The number of likely N-dealkylation sites (tertiary alicyclic amines) is 1. The molecule has 9 nitrogen and oxygen atoms in total. The first-order chi connectivity index (χ1) is 20.9. The van der Waals surface area contributed by atoms with Gasteiger partial charge in [0.25, 0.3) is 5.91 Å². The highest BCUT2D eigenvalue weighted by Gasteiger charge is 2.35. The van der Waals surface area contributed by atoms with E-state index >= 15 is 0 Å². The Morgan fingerprint density at radius 3 is 2.61 bits per heavy atom. The molecule has 44 heavy (non-hydrogen) atoms. The maximum Gasteiger partial charge on any atom is 0.416 e. The lowest BCUT2D eigenvalue weighted by Crippen LogP contribution is -2.44. The van der Waals surface area contributed by atoms with Crippen LogP contribution < -0.4 is 5.32 Å². The summed E-state index contributed by atoms with van der Waals surface area (Å²) < 4.78 is 41.6. The van der Waals surface area contributed by atoms with Crippen molar-refractivity contribution in [2.75, 3.05) is 34.2 Å². The third kappa shape index (κ3) is 6.54. The Labute approximate surface area is 254 Å². The summed E-state index contributed by atoms with van der Waals surface area (Å²) in [6.45, 7) is 3.20. The van der Waals surface area contributed by atoms with Gasteiger partial charge in [0.2, 0.25) is 5.91 Å². The Kier molecular flexibility index (Phi) is 8.91. The van der Waals surface area contributed by atoms with Crippen LogP contribution in [0, 0.1) is 6.92 Å². The number of fused-ring (bicyclic) bond motifs is 1. The number of aromatic nitrogens is 3. The van der Waals surface area contributed by atoms with Gasteiger partial charge in [-0.05, 0) is 64.6 Å². The number of likely N-dealkylation sites (N-methyl/N-ethyl adjacent to an activating group) is 2. The van der Waals surface area contributed by atoms with Crippen LogP contribution >= 0.6 is 0 Å². The number of rotatable bonds is 7. The normalized spacial score (nSPS) is 19.2. The molecule has 2 aliphatic heterocycles. The third-order valence-electron chi connectivity index (χ3n) is 7.87. The number of benzene rings is 1. The molecule has 1 saturated heterocycles. The first-order valence-electron chi connectivity index (χ1n) is 14.5. The first kappa shape index (κ1) is 31.0. The van der Waals surface area contributed by atoms with E-state index in [4.69, 9.17) is 4.98 Å². The van der Waals surface area contributed by atoms with Gasteiger partial charge in [0.15, 0.2) is 0 Å². The lowest BCUT2D eigenvalue weighted by molar-refractivity contribution is -0.130. The number of piperidine rings is 1. The summed E-state index contributed by atoms with van der Waals surface area (Å²) in [5.74, 6) is 0.192. The Balaban J connectivity index is 1.42. The zero-order valence-electron chi connectivity index (χ0n) is 25.2. The number of hydrogen-bond acceptors (Lipinski definition) is 6. The number of nitrogens with one attached hydrogen (secondary N) is 1. The minimum atomic E-state index is -4.51. The molecule has 0 radical (unpaired) electrons. The maximum atomic E-state index is 13.2. The molecule has 2 amide bonds. The highest BCUT2D eigenvalue weighted by molar-refractivity contribution is 5.95. The van der Waals surface area contributed by atoms with E-state index in [0.29, 0.717) is 24.3 Å². The average Bonchev–Trinajstić information content (AvgIpc) is 3.38. The zero-order chi connectivity index (χ0) is 31.6. The van der Waals surface area contributed by atoms with Crippen LogP contribution in [0.2, 0.25) is 0 Å². The monoisotopic (exact) mass is 607 g/mol. The fourth-order valence-electron chi connectivity index (χ4n) is 5.54. The molecule has 0 spiro atoms. The number of carbonyl (C=O) groups excluding carboxylic acids is 2. The molecule has 2 atom stereocenters. The molecule has 1 unspecified atom stereocenters. The van der Waals surface area contributed by atoms with Gasteiger partial charge in [0.05, 0.1) is 28.5 Å². The van der Waals surface area contributed by atoms with E-state index in [9.17, 15) is 22.8 Å². The van der Waals surface area contributed by atoms with Gasteiger partial charge < -0.3 is 20.0 Å². The molecular formula is C32H36F3N7O2. The van der Waals surface area contributed by atoms with Gasteiger partial charge in [-0.2, -0.15) is 13.2 Å². The number of nitrogens with zero attached hydrogens (tertiary/aromatic N) is 6. The van der Waals surface area contributed by atoms with Crippen molar-refractivity contribution >= 4 is 17.3 Å². The number of aryl methyl sites for hydroxylation is 1. The second-order valence-corrected chi connectivity index (χ2v) is 11.4. The summed E-state index contributed by atoms with van der Waals surface area (Å²) in [4.78, 5) is 41.2. The standard InChI is InChI=1S/C32H36F3N7O2/c1-21-29-28(22-10-12-23(13-11-22)31(44)37-26-20-24(32(33,34)35)14-18-40(26)4)38-30(42(29)19-15-36-21)25-8-5-6-17-41(25)27(43)9-7-16-39(2)3/h7,9-15,18-20,25-26H,5-6,8,16-17H2,1-4H3,(H,37,44)/b9-7+/t25-,26?/m0/s1. The van der Waals surface area contributed by atoms with Crippen molar-refractivity contribution in [1.82, 2.24) is 34.4 Å². The smallest absolute Gasteiger partial charge is 0.357 e. The van der Waals surface area contributed by atoms with Gasteiger partial charge in [0.1, 0.15) is 12.0 Å². The van der Waals surface area contributed by atoms with Gasteiger partial charge in [-0.15, -0.1) is 0 Å². The van der Waals surface area contributed by atoms with E-state index in [2.05, 4.69) is 10.3 Å². The Bertz CT molecular complexity index is 1620. The van der Waals surface area contributed by atoms with Crippen LogP contribution in [-0.2, 0) is 4.79 Å². The van der Waals surface area contributed by atoms with Crippen LogP contribution in [0.5, 0.6) is 0 Å². The zero-order valence-corrected chi connectivity index (χ0v) is 25.2. The van der Waals surface area contributed by atoms with E-state index in [1.807, 2.05) is 47.5 Å². The fourth-order valence-corrected chi connectivity index (χ4v) is 5.54. The highest BCUT2D eigenvalue weighted by atomic mass is 19.4. The van der Waals surface area contributed by atoms with Crippen molar-refractivity contribution in [2.45, 2.75) is 44.6 Å². The van der Waals surface area contributed by atoms with Gasteiger partial charge in [-0.1, -0.05) is 18.2 Å². The lowest BCUT2D eigenvalue weighted by atomic mass is 10.0. The molecule has 12 heteroatoms. The second-order valence-electron chi connectivity index (χ2n) is 11.4. The molecule has 5 rings (SSSR count). The number of imidazole rings is 1. The molecule has 2 aliphatic rings. The fraction of sp³-hybridized carbons (Fsp3) is 0.375. The number of alkyl halides is 3. The van der Waals surface area contributed by atoms with E-state index < -0.39 is 23.8 Å². The molecular weight excluding hydrogens is 571 g/mol. The molecule has 4 heterocycles. The SMILES string of the molecule is Cc1nccn2c([C@@H]3CCCCN3C(=O)/C=C/CN(C)C)nc(-c3ccc(C(=O)NC4C=C(C(F)(F)F)C=CN4C)cc3)c12. The Hall–Kier alpha value is -4.45.